The number of rotatable bonds is 6. The molecule has 0 saturated carbocycles. The number of aryl methyl sites for hydroxylation is 2. The second-order valence-electron chi connectivity index (χ2n) is 6.20. The molecule has 7 nitrogen and oxygen atoms in total. The van der Waals surface area contributed by atoms with Crippen LogP contribution in [-0.2, 0) is 6.42 Å². The molecule has 0 bridgehead atoms. The van der Waals surface area contributed by atoms with Crippen molar-refractivity contribution in [1.29, 1.82) is 0 Å². The van der Waals surface area contributed by atoms with Crippen LogP contribution in [0.3, 0.4) is 0 Å². The summed E-state index contributed by atoms with van der Waals surface area (Å²) in [5.74, 6) is 0.0753. The van der Waals surface area contributed by atoms with Crippen LogP contribution in [0.1, 0.15) is 55.0 Å². The molecule has 0 aliphatic carbocycles. The second-order valence-corrected chi connectivity index (χ2v) is 6.64. The van der Waals surface area contributed by atoms with Gasteiger partial charge in [0, 0.05) is 22.7 Å². The van der Waals surface area contributed by atoms with Gasteiger partial charge in [0.15, 0.2) is 5.69 Å². The first-order chi connectivity index (χ1) is 13.0. The Balaban J connectivity index is 2.02. The Morgan fingerprint density at radius 3 is 2.41 bits per heavy atom. The maximum atomic E-state index is 5.97. The van der Waals surface area contributed by atoms with Gasteiger partial charge in [-0.25, -0.2) is 9.26 Å². The fraction of sp³-hybridized carbons (Fsp3) is 0.316. The fourth-order valence-electron chi connectivity index (χ4n) is 2.66. The maximum Gasteiger partial charge on any atom is 0.156 e. The van der Waals surface area contributed by atoms with Crippen LogP contribution >= 0.6 is 11.6 Å². The molecule has 0 aliphatic heterocycles. The molecule has 0 amide bonds. The highest BCUT2D eigenvalue weighted by molar-refractivity contribution is 6.30. The van der Waals surface area contributed by atoms with Gasteiger partial charge in [0.25, 0.3) is 0 Å². The lowest BCUT2D eigenvalue weighted by Crippen LogP contribution is -1.98. The van der Waals surface area contributed by atoms with Crippen LogP contribution in [0.4, 0.5) is 0 Å². The standard InChI is InChI=1S/C19H20ClN5O2/c1-5-16-17(24-27-23-16)12(3)18(19-13(4)22-26-25-19)21-10-11(2)14-6-8-15(20)9-7-14/h6-11H,5H2,1-4H3/b18-12+,21-10?. The van der Waals surface area contributed by atoms with Gasteiger partial charge in [0.05, 0.1) is 5.70 Å². The van der Waals surface area contributed by atoms with Gasteiger partial charge in [-0.05, 0) is 48.3 Å². The van der Waals surface area contributed by atoms with Crippen LogP contribution in [0.5, 0.6) is 0 Å². The summed E-state index contributed by atoms with van der Waals surface area (Å²) in [4.78, 5) is 4.71. The summed E-state index contributed by atoms with van der Waals surface area (Å²) in [5.41, 5.74) is 5.16. The number of nitrogens with zero attached hydrogens (tertiary/aromatic N) is 5. The fourth-order valence-corrected chi connectivity index (χ4v) is 2.78. The van der Waals surface area contributed by atoms with Gasteiger partial charge in [0.1, 0.15) is 17.1 Å². The number of halogens is 1. The zero-order chi connectivity index (χ0) is 19.4. The van der Waals surface area contributed by atoms with Gasteiger partial charge in [-0.15, -0.1) is 0 Å². The van der Waals surface area contributed by atoms with E-state index in [-0.39, 0.29) is 5.92 Å². The Hall–Kier alpha value is -2.80. The highest BCUT2D eigenvalue weighted by Crippen LogP contribution is 2.29. The Morgan fingerprint density at radius 1 is 1.11 bits per heavy atom. The van der Waals surface area contributed by atoms with E-state index >= 15 is 0 Å². The van der Waals surface area contributed by atoms with Gasteiger partial charge in [0.2, 0.25) is 0 Å². The Morgan fingerprint density at radius 2 is 1.78 bits per heavy atom. The van der Waals surface area contributed by atoms with Crippen molar-refractivity contribution in [3.05, 3.63) is 57.6 Å². The van der Waals surface area contributed by atoms with E-state index in [9.17, 15) is 0 Å². The highest BCUT2D eigenvalue weighted by atomic mass is 35.5. The van der Waals surface area contributed by atoms with E-state index in [1.165, 1.54) is 0 Å². The number of hydrogen-bond donors (Lipinski definition) is 0. The van der Waals surface area contributed by atoms with E-state index in [1.807, 2.05) is 51.3 Å². The van der Waals surface area contributed by atoms with Gasteiger partial charge in [-0.1, -0.05) is 47.9 Å². The molecule has 0 radical (unpaired) electrons. The molecule has 1 aromatic carbocycles. The summed E-state index contributed by atoms with van der Waals surface area (Å²) >= 11 is 5.97. The largest absolute Gasteiger partial charge is 0.258 e. The number of allylic oxidation sites excluding steroid dienone is 1. The van der Waals surface area contributed by atoms with Gasteiger partial charge < -0.3 is 0 Å². The molecule has 140 valence electrons. The zero-order valence-electron chi connectivity index (χ0n) is 15.6. The molecule has 0 N–H and O–H groups in total. The first kappa shape index (κ1) is 19.0. The number of benzene rings is 1. The van der Waals surface area contributed by atoms with Crippen molar-refractivity contribution < 1.29 is 9.26 Å². The van der Waals surface area contributed by atoms with Crippen LogP contribution in [-0.4, -0.2) is 26.8 Å². The maximum absolute atomic E-state index is 5.97. The first-order valence-electron chi connectivity index (χ1n) is 8.63. The quantitative estimate of drug-likeness (QED) is 0.569. The zero-order valence-corrected chi connectivity index (χ0v) is 16.4. The van der Waals surface area contributed by atoms with Crippen molar-refractivity contribution in [1.82, 2.24) is 20.6 Å². The van der Waals surface area contributed by atoms with Crippen molar-refractivity contribution in [3.8, 4) is 0 Å². The summed E-state index contributed by atoms with van der Waals surface area (Å²) in [6.45, 7) is 7.78. The minimum absolute atomic E-state index is 0.0753. The molecule has 8 heteroatoms. The van der Waals surface area contributed by atoms with Crippen LogP contribution in [0.15, 0.2) is 38.5 Å². The molecule has 3 aromatic rings. The van der Waals surface area contributed by atoms with Crippen molar-refractivity contribution in [2.75, 3.05) is 0 Å². The number of aromatic nitrogens is 4. The van der Waals surface area contributed by atoms with E-state index < -0.39 is 0 Å². The summed E-state index contributed by atoms with van der Waals surface area (Å²) in [5, 5.41) is 16.6. The minimum atomic E-state index is 0.0753. The predicted octanol–water partition coefficient (Wildman–Crippen LogP) is 4.74. The smallest absolute Gasteiger partial charge is 0.156 e. The molecule has 27 heavy (non-hydrogen) atoms. The lowest BCUT2D eigenvalue weighted by atomic mass is 10.0. The Bertz CT molecular complexity index is 972. The van der Waals surface area contributed by atoms with E-state index in [4.69, 9.17) is 25.9 Å². The third kappa shape index (κ3) is 4.14. The first-order valence-corrected chi connectivity index (χ1v) is 9.00. The van der Waals surface area contributed by atoms with Crippen LogP contribution in [0.2, 0.25) is 5.02 Å². The van der Waals surface area contributed by atoms with Crippen molar-refractivity contribution >= 4 is 29.1 Å². The average molecular weight is 386 g/mol. The van der Waals surface area contributed by atoms with Gasteiger partial charge >= 0.3 is 0 Å². The van der Waals surface area contributed by atoms with Crippen molar-refractivity contribution in [2.24, 2.45) is 4.99 Å². The molecule has 2 aromatic heterocycles. The predicted molar refractivity (Wildman–Crippen MR) is 104 cm³/mol. The van der Waals surface area contributed by atoms with Crippen molar-refractivity contribution in [3.63, 3.8) is 0 Å². The third-order valence-electron chi connectivity index (χ3n) is 4.30. The Kier molecular flexibility index (Phi) is 5.81. The van der Waals surface area contributed by atoms with E-state index in [1.54, 1.807) is 0 Å². The molecule has 1 atom stereocenters. The lowest BCUT2D eigenvalue weighted by molar-refractivity contribution is 0.302. The van der Waals surface area contributed by atoms with E-state index in [2.05, 4.69) is 27.6 Å². The van der Waals surface area contributed by atoms with Crippen LogP contribution in [0.25, 0.3) is 11.3 Å². The van der Waals surface area contributed by atoms with Gasteiger partial charge in [-0.2, -0.15) is 0 Å². The number of hydrogen-bond acceptors (Lipinski definition) is 7. The molecule has 2 heterocycles. The molecular formula is C19H20ClN5O2. The van der Waals surface area contributed by atoms with E-state index in [0.29, 0.717) is 34.2 Å². The number of aliphatic imine (C=N–C) groups is 1. The molecule has 3 rings (SSSR count). The molecule has 0 fully saturated rings. The SMILES string of the molecule is CCc1nonc1/C(C)=C(/N=CC(C)c1ccc(Cl)cc1)c1nonc1C. The summed E-state index contributed by atoms with van der Waals surface area (Å²) in [6, 6.07) is 7.69. The van der Waals surface area contributed by atoms with Crippen LogP contribution in [0, 0.1) is 6.92 Å². The normalized spacial score (nSPS) is 13.8. The molecule has 1 unspecified atom stereocenters. The highest BCUT2D eigenvalue weighted by Gasteiger charge is 2.19. The average Bonchev–Trinajstić information content (AvgIpc) is 3.31. The summed E-state index contributed by atoms with van der Waals surface area (Å²) < 4.78 is 9.78. The third-order valence-corrected chi connectivity index (χ3v) is 4.55. The molecule has 0 saturated heterocycles. The molecular weight excluding hydrogens is 366 g/mol. The topological polar surface area (TPSA) is 90.2 Å². The molecule has 0 aliphatic rings. The van der Waals surface area contributed by atoms with Crippen LogP contribution < -0.4 is 0 Å². The monoisotopic (exact) mass is 385 g/mol. The van der Waals surface area contributed by atoms with Gasteiger partial charge in [-0.3, -0.25) is 4.99 Å². The lowest BCUT2D eigenvalue weighted by Gasteiger charge is -2.08. The Labute approximate surface area is 162 Å². The molecule has 0 spiro atoms. The van der Waals surface area contributed by atoms with Crippen molar-refractivity contribution in [2.45, 2.75) is 40.0 Å². The summed E-state index contributed by atoms with van der Waals surface area (Å²) in [6.07, 6.45) is 2.56. The minimum Gasteiger partial charge on any atom is -0.258 e. The van der Waals surface area contributed by atoms with E-state index in [0.717, 1.165) is 16.8 Å². The second kappa shape index (κ2) is 8.26. The summed E-state index contributed by atoms with van der Waals surface area (Å²) in [7, 11) is 0.